The second-order valence-corrected chi connectivity index (χ2v) is 9.41. The van der Waals surface area contributed by atoms with Crippen LogP contribution in [0.2, 0.25) is 0 Å². The Hall–Kier alpha value is -3.45. The van der Waals surface area contributed by atoms with Crippen molar-refractivity contribution in [2.24, 2.45) is 4.99 Å². The number of benzene rings is 2. The van der Waals surface area contributed by atoms with Crippen LogP contribution in [0.15, 0.2) is 69.6 Å². The maximum absolute atomic E-state index is 13.6. The van der Waals surface area contributed by atoms with Gasteiger partial charge in [0.1, 0.15) is 5.75 Å². The van der Waals surface area contributed by atoms with Crippen LogP contribution in [0.3, 0.4) is 0 Å². The van der Waals surface area contributed by atoms with E-state index < -0.39 is 12.0 Å². The predicted octanol–water partition coefficient (Wildman–Crippen LogP) is 3.93. The molecule has 0 aliphatic carbocycles. The van der Waals surface area contributed by atoms with Crippen molar-refractivity contribution in [3.8, 4) is 5.75 Å². The van der Waals surface area contributed by atoms with Gasteiger partial charge in [-0.25, -0.2) is 9.79 Å². The number of methoxy groups -OCH3 is 1. The molecule has 0 N–H and O–H groups in total. The van der Waals surface area contributed by atoms with E-state index in [9.17, 15) is 9.59 Å². The second-order valence-electron chi connectivity index (χ2n) is 8.40. The van der Waals surface area contributed by atoms with E-state index in [2.05, 4.69) is 18.8 Å². The van der Waals surface area contributed by atoms with Crippen LogP contribution >= 0.6 is 11.3 Å². The third-order valence-corrected chi connectivity index (χ3v) is 6.81. The number of carbonyl (C=O) groups is 1. The number of hydrogen-bond donors (Lipinski definition) is 0. The minimum atomic E-state index is -0.607. The molecule has 0 amide bonds. The van der Waals surface area contributed by atoms with Crippen molar-refractivity contribution in [2.45, 2.75) is 39.7 Å². The molecule has 2 aromatic carbocycles. The third-order valence-electron chi connectivity index (χ3n) is 5.83. The lowest BCUT2D eigenvalue weighted by Crippen LogP contribution is -2.39. The van der Waals surface area contributed by atoms with Crippen molar-refractivity contribution in [1.29, 1.82) is 0 Å². The van der Waals surface area contributed by atoms with Crippen molar-refractivity contribution < 1.29 is 14.3 Å². The van der Waals surface area contributed by atoms with E-state index >= 15 is 0 Å². The van der Waals surface area contributed by atoms with E-state index in [0.29, 0.717) is 32.3 Å². The molecule has 176 valence electrons. The number of hydrogen-bond acceptors (Lipinski definition) is 6. The fourth-order valence-corrected chi connectivity index (χ4v) is 5.10. The number of aromatic nitrogens is 1. The van der Waals surface area contributed by atoms with Gasteiger partial charge in [0.15, 0.2) is 4.80 Å². The summed E-state index contributed by atoms with van der Waals surface area (Å²) in [7, 11) is 1.61. The fourth-order valence-electron chi connectivity index (χ4n) is 4.05. The summed E-state index contributed by atoms with van der Waals surface area (Å²) in [5.41, 5.74) is 3.64. The molecule has 0 saturated heterocycles. The Balaban J connectivity index is 1.92. The van der Waals surface area contributed by atoms with Crippen molar-refractivity contribution in [3.05, 3.63) is 96.2 Å². The van der Waals surface area contributed by atoms with E-state index in [1.165, 1.54) is 16.9 Å². The average molecular weight is 477 g/mol. The van der Waals surface area contributed by atoms with Gasteiger partial charge in [-0.15, -0.1) is 0 Å². The highest BCUT2D eigenvalue weighted by Gasteiger charge is 2.33. The topological polar surface area (TPSA) is 69.9 Å². The van der Waals surface area contributed by atoms with E-state index in [0.717, 1.165) is 11.1 Å². The number of esters is 1. The zero-order chi connectivity index (χ0) is 24.4. The molecule has 3 aromatic rings. The normalized spacial score (nSPS) is 15.8. The van der Waals surface area contributed by atoms with Crippen LogP contribution in [0.5, 0.6) is 5.75 Å². The highest BCUT2D eigenvalue weighted by atomic mass is 32.1. The maximum atomic E-state index is 13.6. The highest BCUT2D eigenvalue weighted by Crippen LogP contribution is 2.31. The van der Waals surface area contributed by atoms with Gasteiger partial charge in [0.25, 0.3) is 5.56 Å². The molecule has 2 heterocycles. The number of fused-ring (bicyclic) bond motifs is 1. The molecule has 34 heavy (non-hydrogen) atoms. The van der Waals surface area contributed by atoms with Gasteiger partial charge in [0.2, 0.25) is 0 Å². The zero-order valence-corrected chi connectivity index (χ0v) is 20.8. The minimum absolute atomic E-state index is 0.196. The third kappa shape index (κ3) is 4.48. The molecule has 0 spiro atoms. The summed E-state index contributed by atoms with van der Waals surface area (Å²) >= 11 is 1.31. The molecule has 0 fully saturated rings. The van der Waals surface area contributed by atoms with Crippen LogP contribution in [0.1, 0.15) is 56.3 Å². The maximum Gasteiger partial charge on any atom is 0.338 e. The van der Waals surface area contributed by atoms with E-state index in [-0.39, 0.29) is 12.2 Å². The Bertz CT molecular complexity index is 1430. The number of nitrogens with zero attached hydrogens (tertiary/aromatic N) is 2. The van der Waals surface area contributed by atoms with E-state index in [1.807, 2.05) is 54.6 Å². The summed E-state index contributed by atoms with van der Waals surface area (Å²) in [6.07, 6.45) is 1.83. The quantitative estimate of drug-likeness (QED) is 0.506. The number of thiazole rings is 1. The van der Waals surface area contributed by atoms with Gasteiger partial charge in [-0.2, -0.15) is 0 Å². The Labute approximate surface area is 202 Å². The largest absolute Gasteiger partial charge is 0.497 e. The summed E-state index contributed by atoms with van der Waals surface area (Å²) in [4.78, 5) is 31.8. The summed E-state index contributed by atoms with van der Waals surface area (Å²) in [6.45, 7) is 8.06. The first-order valence-corrected chi connectivity index (χ1v) is 12.1. The van der Waals surface area contributed by atoms with Crippen molar-refractivity contribution in [2.75, 3.05) is 13.7 Å². The first-order chi connectivity index (χ1) is 16.3. The predicted molar refractivity (Wildman–Crippen MR) is 134 cm³/mol. The molecule has 1 aliphatic rings. The van der Waals surface area contributed by atoms with Gasteiger partial charge in [0, 0.05) is 0 Å². The molecule has 1 aliphatic heterocycles. The SMILES string of the molecule is CCOC(=O)C1=C(C)N=c2sc(=Cc3cccc(OC)c3)c(=O)n2C1c1ccc(C(C)C)cc1. The number of allylic oxidation sites excluding steroid dienone is 1. The first kappa shape index (κ1) is 23.7. The Morgan fingerprint density at radius 2 is 1.94 bits per heavy atom. The summed E-state index contributed by atoms with van der Waals surface area (Å²) in [6, 6.07) is 15.0. The Morgan fingerprint density at radius 3 is 2.59 bits per heavy atom. The van der Waals surface area contributed by atoms with Gasteiger partial charge < -0.3 is 9.47 Å². The van der Waals surface area contributed by atoms with Crippen LogP contribution in [0.4, 0.5) is 0 Å². The number of carbonyl (C=O) groups excluding carboxylic acids is 1. The molecular weight excluding hydrogens is 448 g/mol. The molecular formula is C27H28N2O4S. The lowest BCUT2D eigenvalue weighted by molar-refractivity contribution is -0.139. The Kier molecular flexibility index (Phi) is 6.84. The van der Waals surface area contributed by atoms with Gasteiger partial charge in [-0.1, -0.05) is 61.6 Å². The smallest absolute Gasteiger partial charge is 0.338 e. The van der Waals surface area contributed by atoms with Crippen LogP contribution in [-0.4, -0.2) is 24.3 Å². The summed E-state index contributed by atoms with van der Waals surface area (Å²) in [5, 5.41) is 0. The average Bonchev–Trinajstić information content (AvgIpc) is 3.12. The van der Waals surface area contributed by atoms with Gasteiger partial charge in [0.05, 0.1) is 35.6 Å². The highest BCUT2D eigenvalue weighted by molar-refractivity contribution is 7.07. The molecule has 7 heteroatoms. The monoisotopic (exact) mass is 476 g/mol. The molecule has 1 atom stereocenters. The summed E-state index contributed by atoms with van der Waals surface area (Å²) < 4.78 is 12.8. The van der Waals surface area contributed by atoms with Crippen molar-refractivity contribution >= 4 is 23.4 Å². The van der Waals surface area contributed by atoms with E-state index in [1.54, 1.807) is 25.5 Å². The summed E-state index contributed by atoms with van der Waals surface area (Å²) in [5.74, 6) is 0.634. The Morgan fingerprint density at radius 1 is 1.21 bits per heavy atom. The molecule has 4 rings (SSSR count). The second kappa shape index (κ2) is 9.81. The van der Waals surface area contributed by atoms with Gasteiger partial charge in [-0.05, 0) is 54.7 Å². The van der Waals surface area contributed by atoms with Gasteiger partial charge in [-0.3, -0.25) is 9.36 Å². The number of rotatable bonds is 6. The fraction of sp³-hybridized carbons (Fsp3) is 0.296. The van der Waals surface area contributed by atoms with E-state index in [4.69, 9.17) is 9.47 Å². The lowest BCUT2D eigenvalue weighted by Gasteiger charge is -2.25. The lowest BCUT2D eigenvalue weighted by atomic mass is 9.93. The van der Waals surface area contributed by atoms with Crippen LogP contribution in [-0.2, 0) is 9.53 Å². The number of ether oxygens (including phenoxy) is 2. The molecule has 0 bridgehead atoms. The molecule has 0 radical (unpaired) electrons. The van der Waals surface area contributed by atoms with Crippen LogP contribution in [0.25, 0.3) is 6.08 Å². The van der Waals surface area contributed by atoms with Gasteiger partial charge >= 0.3 is 5.97 Å². The van der Waals surface area contributed by atoms with Crippen molar-refractivity contribution in [1.82, 2.24) is 4.57 Å². The van der Waals surface area contributed by atoms with Crippen LogP contribution in [0, 0.1) is 0 Å². The molecule has 1 unspecified atom stereocenters. The van der Waals surface area contributed by atoms with Crippen LogP contribution < -0.4 is 19.6 Å². The molecule has 1 aromatic heterocycles. The standard InChI is InChI=1S/C27H28N2O4S/c1-6-33-26(31)23-17(4)28-27-29(24(23)20-12-10-19(11-13-20)16(2)3)25(30)22(34-27)15-18-8-7-9-21(14-18)32-5/h7-16,24H,6H2,1-5H3. The van der Waals surface area contributed by atoms with Crippen molar-refractivity contribution in [3.63, 3.8) is 0 Å². The zero-order valence-electron chi connectivity index (χ0n) is 20.0. The first-order valence-electron chi connectivity index (χ1n) is 11.3. The minimum Gasteiger partial charge on any atom is -0.497 e. The molecule has 6 nitrogen and oxygen atoms in total. The molecule has 0 saturated carbocycles.